The van der Waals surface area contributed by atoms with Crippen LogP contribution in [0.15, 0.2) is 60.8 Å². The molecule has 2 aromatic carbocycles. The van der Waals surface area contributed by atoms with Gasteiger partial charge in [-0.1, -0.05) is 23.7 Å². The van der Waals surface area contributed by atoms with Crippen molar-refractivity contribution in [2.75, 3.05) is 13.1 Å². The summed E-state index contributed by atoms with van der Waals surface area (Å²) < 4.78 is 13.1. The molecule has 1 saturated heterocycles. The molecule has 1 N–H and O–H groups in total. The van der Waals surface area contributed by atoms with Gasteiger partial charge in [-0.15, -0.1) is 0 Å². The fourth-order valence-electron chi connectivity index (χ4n) is 3.94. The van der Waals surface area contributed by atoms with E-state index in [-0.39, 0.29) is 29.9 Å². The van der Waals surface area contributed by atoms with E-state index in [2.05, 4.69) is 4.98 Å². The summed E-state index contributed by atoms with van der Waals surface area (Å²) in [5, 5.41) is 10.2. The summed E-state index contributed by atoms with van der Waals surface area (Å²) in [6, 6.07) is 13.9. The highest BCUT2D eigenvalue weighted by Gasteiger charge is 2.30. The Morgan fingerprint density at radius 2 is 1.87 bits per heavy atom. The number of rotatable bonds is 5. The SMILES string of the molecule is O=C(c1ccc(F)cc1)c1ccc(C2CCN(C(=O)c3ncccc3Cl)C2)c(CO)c1. The molecule has 0 aliphatic carbocycles. The number of carbonyl (C=O) groups is 2. The Labute approximate surface area is 184 Å². The molecule has 0 saturated carbocycles. The number of ketones is 1. The van der Waals surface area contributed by atoms with Crippen molar-refractivity contribution in [3.05, 3.63) is 99.6 Å². The second kappa shape index (κ2) is 8.96. The number of carbonyl (C=O) groups excluding carboxylic acids is 2. The molecule has 1 unspecified atom stereocenters. The molecular weight excluding hydrogens is 419 g/mol. The van der Waals surface area contributed by atoms with Gasteiger partial charge < -0.3 is 10.0 Å². The minimum atomic E-state index is -0.407. The molecule has 1 aliphatic rings. The molecule has 0 radical (unpaired) electrons. The van der Waals surface area contributed by atoms with Crippen molar-refractivity contribution >= 4 is 23.3 Å². The molecule has 158 valence electrons. The second-order valence-corrected chi connectivity index (χ2v) is 7.89. The highest BCUT2D eigenvalue weighted by Crippen LogP contribution is 2.32. The highest BCUT2D eigenvalue weighted by molar-refractivity contribution is 6.33. The van der Waals surface area contributed by atoms with Gasteiger partial charge in [0, 0.05) is 36.3 Å². The van der Waals surface area contributed by atoms with E-state index < -0.39 is 5.82 Å². The molecule has 2 heterocycles. The molecule has 1 aromatic heterocycles. The molecule has 1 fully saturated rings. The largest absolute Gasteiger partial charge is 0.392 e. The minimum absolute atomic E-state index is 0.0311. The van der Waals surface area contributed by atoms with E-state index in [9.17, 15) is 19.1 Å². The number of benzene rings is 2. The Morgan fingerprint density at radius 1 is 1.13 bits per heavy atom. The van der Waals surface area contributed by atoms with Crippen LogP contribution in [-0.2, 0) is 6.61 Å². The van der Waals surface area contributed by atoms with Crippen LogP contribution in [0.1, 0.15) is 49.9 Å². The van der Waals surface area contributed by atoms with Gasteiger partial charge in [0.1, 0.15) is 11.5 Å². The average molecular weight is 439 g/mol. The number of hydrogen-bond acceptors (Lipinski definition) is 4. The maximum absolute atomic E-state index is 13.1. The number of halogens is 2. The van der Waals surface area contributed by atoms with Gasteiger partial charge in [0.25, 0.3) is 5.91 Å². The third kappa shape index (κ3) is 4.36. The number of nitrogens with zero attached hydrogens (tertiary/aromatic N) is 2. The lowest BCUT2D eigenvalue weighted by Crippen LogP contribution is -2.29. The summed E-state index contributed by atoms with van der Waals surface area (Å²) in [5.74, 6) is -0.838. The van der Waals surface area contributed by atoms with E-state index in [4.69, 9.17) is 11.6 Å². The van der Waals surface area contributed by atoms with Crippen molar-refractivity contribution in [1.29, 1.82) is 0 Å². The lowest BCUT2D eigenvalue weighted by molar-refractivity contribution is 0.0785. The molecule has 4 rings (SSSR count). The fraction of sp³-hybridized carbons (Fsp3) is 0.208. The van der Waals surface area contributed by atoms with Crippen molar-refractivity contribution in [1.82, 2.24) is 9.88 Å². The first-order valence-corrected chi connectivity index (χ1v) is 10.3. The van der Waals surface area contributed by atoms with Crippen molar-refractivity contribution < 1.29 is 19.1 Å². The smallest absolute Gasteiger partial charge is 0.274 e. The van der Waals surface area contributed by atoms with Gasteiger partial charge >= 0.3 is 0 Å². The van der Waals surface area contributed by atoms with Crippen LogP contribution in [0.4, 0.5) is 4.39 Å². The molecule has 31 heavy (non-hydrogen) atoms. The van der Waals surface area contributed by atoms with Gasteiger partial charge in [-0.05, 0) is 60.0 Å². The monoisotopic (exact) mass is 438 g/mol. The molecule has 3 aromatic rings. The number of amides is 1. The van der Waals surface area contributed by atoms with Gasteiger partial charge in [-0.3, -0.25) is 9.59 Å². The summed E-state index contributed by atoms with van der Waals surface area (Å²) >= 11 is 6.11. The summed E-state index contributed by atoms with van der Waals surface area (Å²) in [5.41, 5.74) is 2.57. The van der Waals surface area contributed by atoms with E-state index in [1.807, 2.05) is 6.07 Å². The Bertz CT molecular complexity index is 1130. The lowest BCUT2D eigenvalue weighted by Gasteiger charge is -2.18. The molecule has 7 heteroatoms. The Morgan fingerprint density at radius 3 is 2.58 bits per heavy atom. The summed E-state index contributed by atoms with van der Waals surface area (Å²) in [6.45, 7) is 0.803. The van der Waals surface area contributed by atoms with E-state index in [0.717, 1.165) is 12.0 Å². The summed E-state index contributed by atoms with van der Waals surface area (Å²) in [4.78, 5) is 31.3. The molecule has 1 amide bonds. The van der Waals surface area contributed by atoms with Gasteiger partial charge in [-0.2, -0.15) is 0 Å². The first-order chi connectivity index (χ1) is 15.0. The quantitative estimate of drug-likeness (QED) is 0.605. The van der Waals surface area contributed by atoms with Crippen LogP contribution in [-0.4, -0.2) is 39.8 Å². The Kier molecular flexibility index (Phi) is 6.11. The molecule has 0 spiro atoms. The Balaban J connectivity index is 1.54. The fourth-order valence-corrected chi connectivity index (χ4v) is 4.14. The predicted molar refractivity (Wildman–Crippen MR) is 115 cm³/mol. The van der Waals surface area contributed by atoms with Gasteiger partial charge in [0.15, 0.2) is 5.78 Å². The minimum Gasteiger partial charge on any atom is -0.392 e. The highest BCUT2D eigenvalue weighted by atomic mass is 35.5. The summed E-state index contributed by atoms with van der Waals surface area (Å²) in [6.07, 6.45) is 2.27. The van der Waals surface area contributed by atoms with Gasteiger partial charge in [0.2, 0.25) is 0 Å². The zero-order valence-corrected chi connectivity index (χ0v) is 17.3. The van der Waals surface area contributed by atoms with Crippen LogP contribution in [0.3, 0.4) is 0 Å². The van der Waals surface area contributed by atoms with Crippen molar-refractivity contribution in [3.8, 4) is 0 Å². The lowest BCUT2D eigenvalue weighted by atomic mass is 9.90. The molecule has 1 aliphatic heterocycles. The van der Waals surface area contributed by atoms with E-state index in [0.29, 0.717) is 34.8 Å². The van der Waals surface area contributed by atoms with Gasteiger partial charge in [0.05, 0.1) is 11.6 Å². The van der Waals surface area contributed by atoms with Crippen molar-refractivity contribution in [2.24, 2.45) is 0 Å². The second-order valence-electron chi connectivity index (χ2n) is 7.48. The van der Waals surface area contributed by atoms with Crippen LogP contribution >= 0.6 is 11.6 Å². The maximum Gasteiger partial charge on any atom is 0.274 e. The molecule has 1 atom stereocenters. The van der Waals surface area contributed by atoms with Crippen LogP contribution in [0.5, 0.6) is 0 Å². The van der Waals surface area contributed by atoms with Crippen molar-refractivity contribution in [3.63, 3.8) is 0 Å². The van der Waals surface area contributed by atoms with Crippen LogP contribution in [0, 0.1) is 5.82 Å². The number of aliphatic hydroxyl groups is 1. The van der Waals surface area contributed by atoms with E-state index in [1.165, 1.54) is 30.5 Å². The Hall–Kier alpha value is -3.09. The van der Waals surface area contributed by atoms with Crippen molar-refractivity contribution in [2.45, 2.75) is 18.9 Å². The number of pyridine rings is 1. The average Bonchev–Trinajstić information content (AvgIpc) is 3.28. The first kappa shape index (κ1) is 21.2. The van der Waals surface area contributed by atoms with E-state index >= 15 is 0 Å². The normalized spacial score (nSPS) is 15.8. The first-order valence-electron chi connectivity index (χ1n) is 9.91. The topological polar surface area (TPSA) is 70.5 Å². The van der Waals surface area contributed by atoms with Crippen LogP contribution in [0.2, 0.25) is 5.02 Å². The molecular formula is C24H20ClFN2O3. The summed E-state index contributed by atoms with van der Waals surface area (Å²) in [7, 11) is 0. The number of aliphatic hydroxyl groups excluding tert-OH is 1. The molecule has 5 nitrogen and oxygen atoms in total. The van der Waals surface area contributed by atoms with Gasteiger partial charge in [-0.25, -0.2) is 9.37 Å². The number of hydrogen-bond donors (Lipinski definition) is 1. The maximum atomic E-state index is 13.1. The third-order valence-electron chi connectivity index (χ3n) is 5.56. The zero-order chi connectivity index (χ0) is 22.0. The predicted octanol–water partition coefficient (Wildman–Crippen LogP) is 4.23. The molecule has 0 bridgehead atoms. The van der Waals surface area contributed by atoms with E-state index in [1.54, 1.807) is 29.2 Å². The number of likely N-dealkylation sites (tertiary alicyclic amines) is 1. The van der Waals surface area contributed by atoms with Crippen LogP contribution in [0.25, 0.3) is 0 Å². The standard InChI is InChI=1S/C24H20ClFN2O3/c25-21-2-1-10-27-22(21)24(31)28-11-9-17(13-28)20-8-5-16(12-18(20)14-29)23(30)15-3-6-19(26)7-4-15/h1-8,10,12,17,29H,9,11,13-14H2. The zero-order valence-electron chi connectivity index (χ0n) is 16.6. The van der Waals surface area contributed by atoms with Crippen LogP contribution < -0.4 is 0 Å². The number of aromatic nitrogens is 1. The third-order valence-corrected chi connectivity index (χ3v) is 5.86.